The van der Waals surface area contributed by atoms with Gasteiger partial charge in [-0.2, -0.15) is 0 Å². The second kappa shape index (κ2) is 14.9. The third kappa shape index (κ3) is 10.9. The second-order valence-corrected chi connectivity index (χ2v) is 9.65. The summed E-state index contributed by atoms with van der Waals surface area (Å²) in [7, 11) is 6.14. The van der Waals surface area contributed by atoms with Gasteiger partial charge >= 0.3 is 0 Å². The summed E-state index contributed by atoms with van der Waals surface area (Å²) in [4.78, 5) is 27.0. The molecule has 6 nitrogen and oxygen atoms in total. The van der Waals surface area contributed by atoms with Gasteiger partial charge in [0.15, 0.2) is 11.6 Å². The highest BCUT2D eigenvalue weighted by atomic mass is 16.1. The number of hydrogen-bond acceptors (Lipinski definition) is 6. The largest absolute Gasteiger partial charge is 0.356 e. The monoisotopic (exact) mass is 492 g/mol. The van der Waals surface area contributed by atoms with Gasteiger partial charge in [0.1, 0.15) is 0 Å². The summed E-state index contributed by atoms with van der Waals surface area (Å²) in [6.45, 7) is 14.7. The molecule has 1 atom stereocenters. The van der Waals surface area contributed by atoms with Crippen molar-refractivity contribution < 1.29 is 9.59 Å². The molecule has 6 heteroatoms. The Morgan fingerprint density at radius 1 is 1.08 bits per heavy atom. The van der Waals surface area contributed by atoms with E-state index in [2.05, 4.69) is 69.3 Å². The van der Waals surface area contributed by atoms with E-state index >= 15 is 0 Å². The van der Waals surface area contributed by atoms with Crippen LogP contribution in [0.25, 0.3) is 0 Å². The maximum Gasteiger partial charge on any atom is 0.159 e. The van der Waals surface area contributed by atoms with Gasteiger partial charge in [0.05, 0.1) is 5.82 Å². The summed E-state index contributed by atoms with van der Waals surface area (Å²) in [6.07, 6.45) is 13.9. The van der Waals surface area contributed by atoms with E-state index in [1.807, 2.05) is 42.4 Å². The highest BCUT2D eigenvalue weighted by Gasteiger charge is 2.25. The molecule has 196 valence electrons. The van der Waals surface area contributed by atoms with Gasteiger partial charge in [-0.3, -0.25) is 9.59 Å². The number of rotatable bonds is 11. The van der Waals surface area contributed by atoms with Gasteiger partial charge in [0.25, 0.3) is 0 Å². The number of carbonyl (C=O) groups is 2. The number of hydrogen-bond donors (Lipinski definition) is 2. The van der Waals surface area contributed by atoms with Crippen LogP contribution >= 0.6 is 0 Å². The highest BCUT2D eigenvalue weighted by Crippen LogP contribution is 2.36. The SMILES string of the molecule is C=C(N/C=C\N(C)/C=C(\C)C1(C)C=CC(C(C)=O)=CC1)Nc1ccc(C(C)=O)cc1.CCCN(C)C. The lowest BCUT2D eigenvalue weighted by molar-refractivity contribution is -0.113. The van der Waals surface area contributed by atoms with Crippen LogP contribution in [0.1, 0.15) is 57.8 Å². The lowest BCUT2D eigenvalue weighted by Crippen LogP contribution is -2.20. The molecule has 0 amide bonds. The van der Waals surface area contributed by atoms with Crippen molar-refractivity contribution in [1.29, 1.82) is 0 Å². The number of Topliss-reactive ketones (excluding diaryl/α,β-unsaturated/α-hetero) is 2. The predicted molar refractivity (Wildman–Crippen MR) is 152 cm³/mol. The van der Waals surface area contributed by atoms with Gasteiger partial charge in [0, 0.05) is 47.9 Å². The molecule has 1 aromatic carbocycles. The van der Waals surface area contributed by atoms with Gasteiger partial charge in [-0.05, 0) is 84.1 Å². The van der Waals surface area contributed by atoms with E-state index in [4.69, 9.17) is 0 Å². The number of carbonyl (C=O) groups excluding carboxylic acids is 2. The van der Waals surface area contributed by atoms with Crippen molar-refractivity contribution in [1.82, 2.24) is 15.1 Å². The molecule has 1 aliphatic carbocycles. The minimum Gasteiger partial charge on any atom is -0.356 e. The van der Waals surface area contributed by atoms with Crippen LogP contribution in [0.3, 0.4) is 0 Å². The molecule has 0 bridgehead atoms. The molecule has 36 heavy (non-hydrogen) atoms. The number of anilines is 1. The Labute approximate surface area is 218 Å². The number of nitrogens with zero attached hydrogens (tertiary/aromatic N) is 2. The molecule has 0 fully saturated rings. The Morgan fingerprint density at radius 3 is 2.17 bits per heavy atom. The third-order valence-corrected chi connectivity index (χ3v) is 5.91. The minimum absolute atomic E-state index is 0.0423. The molecule has 2 N–H and O–H groups in total. The summed E-state index contributed by atoms with van der Waals surface area (Å²) in [5.74, 6) is 0.769. The van der Waals surface area contributed by atoms with E-state index in [9.17, 15) is 9.59 Å². The van der Waals surface area contributed by atoms with E-state index in [0.29, 0.717) is 11.4 Å². The van der Waals surface area contributed by atoms with Crippen molar-refractivity contribution in [3.8, 4) is 0 Å². The van der Waals surface area contributed by atoms with Crippen LogP contribution in [-0.2, 0) is 4.79 Å². The quantitative estimate of drug-likeness (QED) is 0.364. The molecule has 0 aromatic heterocycles. The Morgan fingerprint density at radius 2 is 1.72 bits per heavy atom. The Bertz CT molecular complexity index is 1020. The van der Waals surface area contributed by atoms with Crippen molar-refractivity contribution >= 4 is 17.3 Å². The molecule has 1 aliphatic rings. The topological polar surface area (TPSA) is 64.7 Å². The van der Waals surface area contributed by atoms with E-state index < -0.39 is 0 Å². The summed E-state index contributed by atoms with van der Waals surface area (Å²) in [5.41, 5.74) is 3.40. The number of ketones is 2. The van der Waals surface area contributed by atoms with Crippen LogP contribution in [0.5, 0.6) is 0 Å². The molecule has 1 aromatic rings. The van der Waals surface area contributed by atoms with E-state index in [0.717, 1.165) is 17.7 Å². The molecule has 0 radical (unpaired) electrons. The molecule has 0 heterocycles. The van der Waals surface area contributed by atoms with Crippen molar-refractivity contribution in [3.63, 3.8) is 0 Å². The fourth-order valence-corrected chi connectivity index (χ4v) is 3.48. The van der Waals surface area contributed by atoms with Gasteiger partial charge < -0.3 is 20.4 Å². The van der Waals surface area contributed by atoms with Crippen molar-refractivity contribution in [2.24, 2.45) is 5.41 Å². The molecular weight excluding hydrogens is 448 g/mol. The van der Waals surface area contributed by atoms with Gasteiger partial charge in [-0.15, -0.1) is 0 Å². The zero-order chi connectivity index (χ0) is 27.3. The normalized spacial score (nSPS) is 17.2. The van der Waals surface area contributed by atoms with E-state index in [1.165, 1.54) is 18.5 Å². The average Bonchev–Trinajstić information content (AvgIpc) is 2.80. The second-order valence-electron chi connectivity index (χ2n) is 9.65. The number of allylic oxidation sites excluding steroid dienone is 5. The first-order chi connectivity index (χ1) is 16.9. The summed E-state index contributed by atoms with van der Waals surface area (Å²) in [6, 6.07) is 7.25. The van der Waals surface area contributed by atoms with Crippen LogP contribution < -0.4 is 10.6 Å². The first-order valence-electron chi connectivity index (χ1n) is 12.3. The maximum atomic E-state index is 11.5. The summed E-state index contributed by atoms with van der Waals surface area (Å²) >= 11 is 0. The van der Waals surface area contributed by atoms with E-state index in [1.54, 1.807) is 32.2 Å². The molecule has 0 saturated carbocycles. The minimum atomic E-state index is -0.105. The highest BCUT2D eigenvalue weighted by molar-refractivity contribution is 5.96. The fourth-order valence-electron chi connectivity index (χ4n) is 3.48. The van der Waals surface area contributed by atoms with Crippen LogP contribution in [0, 0.1) is 5.41 Å². The summed E-state index contributed by atoms with van der Waals surface area (Å²) < 4.78 is 0. The molecule has 0 spiro atoms. The predicted octanol–water partition coefficient (Wildman–Crippen LogP) is 6.11. The summed E-state index contributed by atoms with van der Waals surface area (Å²) in [5, 5.41) is 6.24. The Kier molecular flexibility index (Phi) is 12.7. The molecule has 0 aliphatic heterocycles. The average molecular weight is 493 g/mol. The molecular formula is C30H44N4O2. The lowest BCUT2D eigenvalue weighted by atomic mass is 9.76. The Hall–Kier alpha value is -3.38. The third-order valence-electron chi connectivity index (χ3n) is 5.91. The number of benzene rings is 1. The van der Waals surface area contributed by atoms with Crippen LogP contribution in [0.4, 0.5) is 5.69 Å². The van der Waals surface area contributed by atoms with Gasteiger partial charge in [-0.25, -0.2) is 0 Å². The van der Waals surface area contributed by atoms with Gasteiger partial charge in [0.2, 0.25) is 0 Å². The van der Waals surface area contributed by atoms with Crippen molar-refractivity contribution in [2.75, 3.05) is 33.0 Å². The zero-order valence-electron chi connectivity index (χ0n) is 23.3. The molecule has 2 rings (SSSR count). The lowest BCUT2D eigenvalue weighted by Gasteiger charge is -2.30. The maximum absolute atomic E-state index is 11.5. The standard InChI is InChI=1S/C25H31N3O2.C5H13N/c1-18(25(5)13-11-23(12-14-25)20(3)30)17-28(6)16-15-26-21(4)27-24-9-7-22(8-10-24)19(2)29;1-4-5-6(2)3/h7-13,15-17,26-27H,4,14H2,1-3,5-6H3;4-5H2,1-3H3/b16-15-,18-17+;. The fraction of sp³-hybridized carbons (Fsp3) is 0.400. The molecule has 1 unspecified atom stereocenters. The van der Waals surface area contributed by atoms with Crippen LogP contribution in [0.2, 0.25) is 0 Å². The van der Waals surface area contributed by atoms with Crippen LogP contribution in [0.15, 0.2) is 84.6 Å². The van der Waals surface area contributed by atoms with Crippen molar-refractivity contribution in [2.45, 2.75) is 47.5 Å². The number of nitrogens with one attached hydrogen (secondary N) is 2. The zero-order valence-corrected chi connectivity index (χ0v) is 23.3. The van der Waals surface area contributed by atoms with Crippen LogP contribution in [-0.4, -0.2) is 49.1 Å². The van der Waals surface area contributed by atoms with E-state index in [-0.39, 0.29) is 17.0 Å². The first-order valence-corrected chi connectivity index (χ1v) is 12.3. The first kappa shape index (κ1) is 30.7. The molecule has 0 saturated heterocycles. The van der Waals surface area contributed by atoms with Gasteiger partial charge in [-0.1, -0.05) is 38.7 Å². The van der Waals surface area contributed by atoms with Crippen molar-refractivity contribution in [3.05, 3.63) is 90.2 Å². The Balaban J connectivity index is 0.000000960. The smallest absolute Gasteiger partial charge is 0.159 e.